The van der Waals surface area contributed by atoms with Crippen LogP contribution >= 0.6 is 11.6 Å². The maximum Gasteiger partial charge on any atom is 0.264 e. The zero-order valence-electron chi connectivity index (χ0n) is 8.84. The second-order valence-electron chi connectivity index (χ2n) is 3.30. The molecule has 0 spiro atoms. The fourth-order valence-corrected chi connectivity index (χ4v) is 2.33. The molecular weight excluding hydrogens is 281 g/mol. The van der Waals surface area contributed by atoms with E-state index in [4.69, 9.17) is 11.6 Å². The number of aromatic nitrogens is 2. The summed E-state index contributed by atoms with van der Waals surface area (Å²) in [7, 11) is -3.93. The van der Waals surface area contributed by atoms with Crippen LogP contribution in [0.1, 0.15) is 0 Å². The van der Waals surface area contributed by atoms with E-state index in [0.29, 0.717) is 5.02 Å². The minimum atomic E-state index is -3.93. The second kappa shape index (κ2) is 4.87. The van der Waals surface area contributed by atoms with Crippen molar-refractivity contribution >= 4 is 27.4 Å². The molecule has 0 aliphatic carbocycles. The molecule has 18 heavy (non-hydrogen) atoms. The second-order valence-corrected chi connectivity index (χ2v) is 5.42. The molecule has 2 aromatic heterocycles. The molecule has 0 bridgehead atoms. The summed E-state index contributed by atoms with van der Waals surface area (Å²) in [6.45, 7) is 0. The summed E-state index contributed by atoms with van der Waals surface area (Å²) in [6.07, 6.45) is 3.30. The Hall–Kier alpha value is -1.73. The number of sulfonamides is 1. The van der Waals surface area contributed by atoms with E-state index in [-0.39, 0.29) is 10.7 Å². The molecule has 8 heteroatoms. The van der Waals surface area contributed by atoms with Gasteiger partial charge >= 0.3 is 0 Å². The minimum Gasteiger partial charge on any atom is -0.263 e. The highest BCUT2D eigenvalue weighted by Gasteiger charge is 2.16. The van der Waals surface area contributed by atoms with Gasteiger partial charge in [0.1, 0.15) is 16.5 Å². The van der Waals surface area contributed by atoms with Gasteiger partial charge in [-0.15, -0.1) is 0 Å². The third kappa shape index (κ3) is 2.93. The fraction of sp³-hybridized carbons (Fsp3) is 0. The first kappa shape index (κ1) is 12.7. The maximum absolute atomic E-state index is 12.9. The highest BCUT2D eigenvalue weighted by Crippen LogP contribution is 2.16. The van der Waals surface area contributed by atoms with Gasteiger partial charge in [-0.3, -0.25) is 9.71 Å². The molecule has 2 aromatic rings. The Morgan fingerprint density at radius 3 is 2.72 bits per heavy atom. The summed E-state index contributed by atoms with van der Waals surface area (Å²) in [5.74, 6) is -0.691. The molecule has 0 atom stereocenters. The number of nitrogens with zero attached hydrogens (tertiary/aromatic N) is 2. The van der Waals surface area contributed by atoms with E-state index in [9.17, 15) is 12.8 Å². The third-order valence-electron chi connectivity index (χ3n) is 1.95. The van der Waals surface area contributed by atoms with Crippen LogP contribution in [0.3, 0.4) is 0 Å². The Morgan fingerprint density at radius 1 is 1.28 bits per heavy atom. The lowest BCUT2D eigenvalue weighted by Crippen LogP contribution is -2.14. The monoisotopic (exact) mass is 287 g/mol. The third-order valence-corrected chi connectivity index (χ3v) is 3.51. The molecule has 0 aliphatic rings. The summed E-state index contributed by atoms with van der Waals surface area (Å²) < 4.78 is 38.8. The van der Waals surface area contributed by atoms with Crippen molar-refractivity contribution < 1.29 is 12.8 Å². The van der Waals surface area contributed by atoms with Gasteiger partial charge in [0, 0.05) is 23.5 Å². The van der Waals surface area contributed by atoms with Crippen LogP contribution in [0.25, 0.3) is 0 Å². The van der Waals surface area contributed by atoms with Gasteiger partial charge in [-0.05, 0) is 12.1 Å². The predicted octanol–water partition coefficient (Wildman–Crippen LogP) is 2.07. The van der Waals surface area contributed by atoms with Gasteiger partial charge in [0.05, 0.1) is 6.20 Å². The Balaban J connectivity index is 2.33. The molecule has 0 saturated carbocycles. The molecule has 2 heterocycles. The molecule has 0 fully saturated rings. The number of nitrogens with one attached hydrogen (secondary N) is 1. The van der Waals surface area contributed by atoms with Crippen molar-refractivity contribution in [3.63, 3.8) is 0 Å². The molecule has 0 saturated heterocycles. The van der Waals surface area contributed by atoms with Crippen LogP contribution in [-0.2, 0) is 10.0 Å². The average Bonchev–Trinajstić information content (AvgIpc) is 2.28. The Bertz CT molecular complexity index is 678. The van der Waals surface area contributed by atoms with Crippen molar-refractivity contribution in [3.05, 3.63) is 47.6 Å². The molecule has 0 unspecified atom stereocenters. The van der Waals surface area contributed by atoms with Crippen molar-refractivity contribution in [2.24, 2.45) is 0 Å². The summed E-state index contributed by atoms with van der Waals surface area (Å²) in [6, 6.07) is 3.70. The van der Waals surface area contributed by atoms with Crippen LogP contribution in [0.5, 0.6) is 0 Å². The molecular formula is C10H7ClFN3O2S. The molecule has 0 aliphatic heterocycles. The van der Waals surface area contributed by atoms with Gasteiger partial charge in [0.2, 0.25) is 0 Å². The highest BCUT2D eigenvalue weighted by atomic mass is 35.5. The summed E-state index contributed by atoms with van der Waals surface area (Å²) >= 11 is 5.70. The summed E-state index contributed by atoms with van der Waals surface area (Å²) in [5.41, 5.74) is 0. The van der Waals surface area contributed by atoms with Crippen LogP contribution in [0.2, 0.25) is 5.02 Å². The van der Waals surface area contributed by atoms with Crippen molar-refractivity contribution in [3.8, 4) is 0 Å². The molecule has 0 aromatic carbocycles. The van der Waals surface area contributed by atoms with Gasteiger partial charge in [-0.1, -0.05) is 11.6 Å². The topological polar surface area (TPSA) is 72.0 Å². The lowest BCUT2D eigenvalue weighted by Gasteiger charge is -2.06. The number of pyridine rings is 2. The van der Waals surface area contributed by atoms with Crippen molar-refractivity contribution in [1.29, 1.82) is 0 Å². The van der Waals surface area contributed by atoms with Crippen LogP contribution in [0.4, 0.5) is 10.2 Å². The van der Waals surface area contributed by atoms with E-state index in [1.807, 2.05) is 0 Å². The van der Waals surface area contributed by atoms with E-state index in [2.05, 4.69) is 14.7 Å². The average molecular weight is 288 g/mol. The molecule has 0 amide bonds. The number of hydrogen-bond donors (Lipinski definition) is 1. The van der Waals surface area contributed by atoms with Gasteiger partial charge in [0.25, 0.3) is 10.0 Å². The van der Waals surface area contributed by atoms with Crippen LogP contribution in [0, 0.1) is 5.82 Å². The lowest BCUT2D eigenvalue weighted by atomic mass is 10.5. The zero-order valence-corrected chi connectivity index (χ0v) is 10.4. The highest BCUT2D eigenvalue weighted by molar-refractivity contribution is 7.92. The van der Waals surface area contributed by atoms with Crippen molar-refractivity contribution in [2.75, 3.05) is 4.72 Å². The SMILES string of the molecule is O=S(=O)(Nc1cc(Cl)ccn1)c1cncc(F)c1. The first-order valence-electron chi connectivity index (χ1n) is 4.72. The lowest BCUT2D eigenvalue weighted by molar-refractivity contribution is 0.592. The van der Waals surface area contributed by atoms with Gasteiger partial charge in [-0.25, -0.2) is 17.8 Å². The van der Waals surface area contributed by atoms with Gasteiger partial charge in [0.15, 0.2) is 0 Å². The minimum absolute atomic E-state index is 0.0479. The van der Waals surface area contributed by atoms with E-state index >= 15 is 0 Å². The number of hydrogen-bond acceptors (Lipinski definition) is 4. The Labute approximate surface area is 108 Å². The Kier molecular flexibility index (Phi) is 3.44. The van der Waals surface area contributed by atoms with Gasteiger partial charge < -0.3 is 0 Å². The molecule has 2 rings (SSSR count). The van der Waals surface area contributed by atoms with Crippen LogP contribution in [0.15, 0.2) is 41.7 Å². The van der Waals surface area contributed by atoms with E-state index < -0.39 is 15.8 Å². The molecule has 0 radical (unpaired) electrons. The fourth-order valence-electron chi connectivity index (χ4n) is 1.20. The quantitative estimate of drug-likeness (QED) is 0.938. The van der Waals surface area contributed by atoms with E-state index in [0.717, 1.165) is 18.5 Å². The summed E-state index contributed by atoms with van der Waals surface area (Å²) in [5, 5.41) is 0.333. The standard InChI is InChI=1S/C10H7ClFN3O2S/c11-7-1-2-14-10(3-7)15-18(16,17)9-4-8(12)5-13-6-9/h1-6H,(H,14,15). The van der Waals surface area contributed by atoms with Crippen LogP contribution in [-0.4, -0.2) is 18.4 Å². The maximum atomic E-state index is 12.9. The molecule has 1 N–H and O–H groups in total. The number of anilines is 1. The molecule has 5 nitrogen and oxygen atoms in total. The van der Waals surface area contributed by atoms with E-state index in [1.165, 1.54) is 18.3 Å². The van der Waals surface area contributed by atoms with Crippen molar-refractivity contribution in [1.82, 2.24) is 9.97 Å². The number of rotatable bonds is 3. The van der Waals surface area contributed by atoms with Crippen molar-refractivity contribution in [2.45, 2.75) is 4.90 Å². The smallest absolute Gasteiger partial charge is 0.263 e. The van der Waals surface area contributed by atoms with Gasteiger partial charge in [-0.2, -0.15) is 0 Å². The van der Waals surface area contributed by atoms with E-state index in [1.54, 1.807) is 0 Å². The largest absolute Gasteiger partial charge is 0.264 e. The predicted molar refractivity (Wildman–Crippen MR) is 64.3 cm³/mol. The molecule has 94 valence electrons. The number of halogens is 2. The Morgan fingerprint density at radius 2 is 2.06 bits per heavy atom. The normalized spacial score (nSPS) is 11.2. The first-order valence-corrected chi connectivity index (χ1v) is 6.58. The first-order chi connectivity index (χ1) is 8.47. The summed E-state index contributed by atoms with van der Waals surface area (Å²) in [4.78, 5) is 6.97. The zero-order chi connectivity index (χ0) is 13.2. The van der Waals surface area contributed by atoms with Crippen LogP contribution < -0.4 is 4.72 Å².